The number of anilines is 3. The third-order valence-electron chi connectivity index (χ3n) is 5.34. The first-order valence-electron chi connectivity index (χ1n) is 9.73. The first-order chi connectivity index (χ1) is 13.4. The molecule has 3 aromatic rings. The normalized spacial score (nSPS) is 10.8. The zero-order chi connectivity index (χ0) is 20.3. The van der Waals surface area contributed by atoms with Gasteiger partial charge in [0.05, 0.1) is 0 Å². The molecule has 0 aromatic heterocycles. The zero-order valence-electron chi connectivity index (χ0n) is 17.8. The summed E-state index contributed by atoms with van der Waals surface area (Å²) >= 11 is 0. The predicted octanol–water partition coefficient (Wildman–Crippen LogP) is 5.35. The molecule has 0 bridgehead atoms. The van der Waals surface area contributed by atoms with Gasteiger partial charge in [0.15, 0.2) is 0 Å². The molecule has 0 amide bonds. The van der Waals surface area contributed by atoms with Gasteiger partial charge < -0.3 is 15.1 Å². The van der Waals surface area contributed by atoms with Gasteiger partial charge in [-0.15, -0.1) is 0 Å². The number of nitrogens with one attached hydrogen (secondary N) is 1. The minimum Gasteiger partial charge on any atom is -0.388 e. The molecule has 3 nitrogen and oxygen atoms in total. The molecule has 0 spiro atoms. The fourth-order valence-corrected chi connectivity index (χ4v) is 3.65. The molecule has 0 aliphatic heterocycles. The Balaban J connectivity index is 2.09. The number of hydrogen-bond acceptors (Lipinski definition) is 3. The summed E-state index contributed by atoms with van der Waals surface area (Å²) in [5.41, 5.74) is 8.79. The molecule has 0 fully saturated rings. The van der Waals surface area contributed by atoms with Gasteiger partial charge in [0, 0.05) is 58.2 Å². The molecule has 146 valence electrons. The third-order valence-corrected chi connectivity index (χ3v) is 5.34. The van der Waals surface area contributed by atoms with E-state index < -0.39 is 0 Å². The smallest absolute Gasteiger partial charge is 0.0367 e. The molecule has 3 heteroatoms. The maximum atomic E-state index is 3.27. The van der Waals surface area contributed by atoms with Crippen molar-refractivity contribution in [2.24, 2.45) is 0 Å². The van der Waals surface area contributed by atoms with Gasteiger partial charge in [-0.2, -0.15) is 0 Å². The predicted molar refractivity (Wildman–Crippen MR) is 123 cm³/mol. The molecule has 0 atom stereocenters. The molecule has 0 aliphatic carbocycles. The van der Waals surface area contributed by atoms with Crippen LogP contribution in [0.3, 0.4) is 0 Å². The van der Waals surface area contributed by atoms with Crippen molar-refractivity contribution in [1.82, 2.24) is 0 Å². The number of aryl methyl sites for hydroxylation is 1. The summed E-state index contributed by atoms with van der Waals surface area (Å²) in [4.78, 5) is 4.27. The maximum Gasteiger partial charge on any atom is 0.0367 e. The minimum absolute atomic E-state index is 0.206. The van der Waals surface area contributed by atoms with Crippen LogP contribution in [0.25, 0.3) is 0 Å². The average molecular weight is 374 g/mol. The first-order valence-corrected chi connectivity index (χ1v) is 9.73. The van der Waals surface area contributed by atoms with Gasteiger partial charge in [-0.1, -0.05) is 36.4 Å². The van der Waals surface area contributed by atoms with Crippen LogP contribution in [-0.2, 0) is 0 Å². The zero-order valence-corrected chi connectivity index (χ0v) is 17.8. The van der Waals surface area contributed by atoms with E-state index in [4.69, 9.17) is 0 Å². The molecular formula is C25H31N3. The molecule has 28 heavy (non-hydrogen) atoms. The molecule has 3 rings (SSSR count). The van der Waals surface area contributed by atoms with Crippen molar-refractivity contribution in [2.45, 2.75) is 12.8 Å². The second-order valence-corrected chi connectivity index (χ2v) is 7.73. The van der Waals surface area contributed by atoms with E-state index >= 15 is 0 Å². The molecular weight excluding hydrogens is 342 g/mol. The van der Waals surface area contributed by atoms with Gasteiger partial charge in [0.25, 0.3) is 0 Å². The lowest BCUT2D eigenvalue weighted by Gasteiger charge is -2.22. The fraction of sp³-hybridized carbons (Fsp3) is 0.280. The third kappa shape index (κ3) is 4.14. The standard InChI is InChI=1S/C25H31N3/c1-18-17-21(11-16-24(18)26-2)25(19-7-12-22(13-8-19)27(3)4)20-9-14-23(15-10-20)28(5)6/h7-17,25-26H,1-6H3. The van der Waals surface area contributed by atoms with Crippen LogP contribution in [0.5, 0.6) is 0 Å². The van der Waals surface area contributed by atoms with Crippen LogP contribution in [-0.4, -0.2) is 35.2 Å². The molecule has 0 radical (unpaired) electrons. The van der Waals surface area contributed by atoms with Crippen molar-refractivity contribution in [3.05, 3.63) is 89.0 Å². The fourth-order valence-electron chi connectivity index (χ4n) is 3.65. The van der Waals surface area contributed by atoms with E-state index in [-0.39, 0.29) is 5.92 Å². The summed E-state index contributed by atoms with van der Waals surface area (Å²) in [5.74, 6) is 0.206. The SMILES string of the molecule is CNc1ccc(C(c2ccc(N(C)C)cc2)c2ccc(N(C)C)cc2)cc1C. The highest BCUT2D eigenvalue weighted by molar-refractivity contribution is 5.57. The number of nitrogens with zero attached hydrogens (tertiary/aromatic N) is 2. The van der Waals surface area contributed by atoms with Crippen molar-refractivity contribution in [2.75, 3.05) is 50.4 Å². The van der Waals surface area contributed by atoms with Crippen molar-refractivity contribution < 1.29 is 0 Å². The quantitative estimate of drug-likeness (QED) is 0.588. The molecule has 0 heterocycles. The first kappa shape index (κ1) is 19.8. The number of rotatable bonds is 6. The Hall–Kier alpha value is -2.94. The van der Waals surface area contributed by atoms with Crippen LogP contribution in [0.2, 0.25) is 0 Å². The van der Waals surface area contributed by atoms with Crippen LogP contribution in [0.1, 0.15) is 28.2 Å². The summed E-state index contributed by atoms with van der Waals surface area (Å²) in [6.07, 6.45) is 0. The molecule has 3 aromatic carbocycles. The Morgan fingerprint density at radius 1 is 0.643 bits per heavy atom. The second-order valence-electron chi connectivity index (χ2n) is 7.73. The van der Waals surface area contributed by atoms with Gasteiger partial charge in [-0.3, -0.25) is 0 Å². The van der Waals surface area contributed by atoms with Crippen molar-refractivity contribution in [3.8, 4) is 0 Å². The number of benzene rings is 3. The Morgan fingerprint density at radius 3 is 1.43 bits per heavy atom. The van der Waals surface area contributed by atoms with Crippen LogP contribution < -0.4 is 15.1 Å². The highest BCUT2D eigenvalue weighted by atomic mass is 15.1. The summed E-state index contributed by atoms with van der Waals surface area (Å²) in [7, 11) is 10.3. The molecule has 0 saturated heterocycles. The lowest BCUT2D eigenvalue weighted by atomic mass is 9.84. The van der Waals surface area contributed by atoms with E-state index in [1.54, 1.807) is 0 Å². The maximum absolute atomic E-state index is 3.27. The monoisotopic (exact) mass is 373 g/mol. The van der Waals surface area contributed by atoms with E-state index in [2.05, 4.69) is 117 Å². The Morgan fingerprint density at radius 2 is 1.07 bits per heavy atom. The Labute approximate surface area is 169 Å². The lowest BCUT2D eigenvalue weighted by molar-refractivity contribution is 0.970. The van der Waals surface area contributed by atoms with Gasteiger partial charge in [-0.05, 0) is 59.5 Å². The van der Waals surface area contributed by atoms with Gasteiger partial charge >= 0.3 is 0 Å². The Kier molecular flexibility index (Phi) is 5.93. The summed E-state index contributed by atoms with van der Waals surface area (Å²) in [6.45, 7) is 2.16. The number of hydrogen-bond donors (Lipinski definition) is 1. The van der Waals surface area contributed by atoms with E-state index in [1.165, 1.54) is 39.3 Å². The van der Waals surface area contributed by atoms with E-state index in [1.807, 2.05) is 7.05 Å². The van der Waals surface area contributed by atoms with E-state index in [0.29, 0.717) is 0 Å². The molecule has 0 saturated carbocycles. The van der Waals surface area contributed by atoms with Crippen LogP contribution >= 0.6 is 0 Å². The van der Waals surface area contributed by atoms with Crippen LogP contribution in [0, 0.1) is 6.92 Å². The van der Waals surface area contributed by atoms with Crippen molar-refractivity contribution in [3.63, 3.8) is 0 Å². The summed E-state index contributed by atoms with van der Waals surface area (Å²) in [6, 6.07) is 24.5. The van der Waals surface area contributed by atoms with E-state index in [0.717, 1.165) is 0 Å². The minimum atomic E-state index is 0.206. The lowest BCUT2D eigenvalue weighted by Crippen LogP contribution is -2.10. The van der Waals surface area contributed by atoms with Crippen LogP contribution in [0.15, 0.2) is 66.7 Å². The van der Waals surface area contributed by atoms with E-state index in [9.17, 15) is 0 Å². The molecule has 0 aliphatic rings. The van der Waals surface area contributed by atoms with Crippen LogP contribution in [0.4, 0.5) is 17.1 Å². The second kappa shape index (κ2) is 8.39. The summed E-state index contributed by atoms with van der Waals surface area (Å²) in [5, 5.41) is 3.27. The van der Waals surface area contributed by atoms with Gasteiger partial charge in [-0.25, -0.2) is 0 Å². The Bertz CT molecular complexity index is 858. The highest BCUT2D eigenvalue weighted by Crippen LogP contribution is 2.35. The summed E-state index contributed by atoms with van der Waals surface area (Å²) < 4.78 is 0. The average Bonchev–Trinajstić information content (AvgIpc) is 2.69. The van der Waals surface area contributed by atoms with Gasteiger partial charge in [0.2, 0.25) is 0 Å². The highest BCUT2D eigenvalue weighted by Gasteiger charge is 2.18. The molecule has 0 unspecified atom stereocenters. The van der Waals surface area contributed by atoms with Crippen molar-refractivity contribution in [1.29, 1.82) is 0 Å². The van der Waals surface area contributed by atoms with Gasteiger partial charge in [0.1, 0.15) is 0 Å². The van der Waals surface area contributed by atoms with Crippen molar-refractivity contribution >= 4 is 17.1 Å². The topological polar surface area (TPSA) is 18.5 Å². The molecule has 1 N–H and O–H groups in total. The largest absolute Gasteiger partial charge is 0.388 e.